The van der Waals surface area contributed by atoms with Crippen molar-refractivity contribution in [2.24, 2.45) is 5.92 Å². The molecule has 0 unspecified atom stereocenters. The van der Waals surface area contributed by atoms with Crippen molar-refractivity contribution in [2.75, 3.05) is 19.7 Å². The Morgan fingerprint density at radius 3 is 3.15 bits per heavy atom. The SMILES string of the molecule is [C-]#[N+][C@H]1CCNC[C@H]1C(=O)OCC. The Kier molecular flexibility index (Phi) is 3.71. The van der Waals surface area contributed by atoms with E-state index in [1.54, 1.807) is 6.92 Å². The molecule has 0 bridgehead atoms. The van der Waals surface area contributed by atoms with Crippen LogP contribution in [0.5, 0.6) is 0 Å². The van der Waals surface area contributed by atoms with Gasteiger partial charge in [0.05, 0.1) is 6.61 Å². The summed E-state index contributed by atoms with van der Waals surface area (Å²) < 4.78 is 4.89. The van der Waals surface area contributed by atoms with Gasteiger partial charge in [-0.15, -0.1) is 0 Å². The van der Waals surface area contributed by atoms with Crippen LogP contribution in [-0.2, 0) is 9.53 Å². The van der Waals surface area contributed by atoms with Crippen LogP contribution in [0.2, 0.25) is 0 Å². The summed E-state index contributed by atoms with van der Waals surface area (Å²) in [4.78, 5) is 14.8. The first-order valence-electron chi connectivity index (χ1n) is 4.53. The summed E-state index contributed by atoms with van der Waals surface area (Å²) in [5.74, 6) is -0.512. The van der Waals surface area contributed by atoms with Crippen LogP contribution in [0.1, 0.15) is 13.3 Å². The normalized spacial score (nSPS) is 27.7. The molecule has 1 heterocycles. The second kappa shape index (κ2) is 4.83. The van der Waals surface area contributed by atoms with Crippen molar-refractivity contribution < 1.29 is 9.53 Å². The molecule has 13 heavy (non-hydrogen) atoms. The first-order chi connectivity index (χ1) is 6.29. The van der Waals surface area contributed by atoms with Gasteiger partial charge in [0, 0.05) is 19.5 Å². The standard InChI is InChI=1S/C9H14N2O2/c1-3-13-9(12)7-6-11-5-4-8(7)10-2/h7-8,11H,3-6H2,1H3/t7-,8+/m1/s1. The fourth-order valence-corrected chi connectivity index (χ4v) is 1.49. The summed E-state index contributed by atoms with van der Waals surface area (Å²) >= 11 is 0. The van der Waals surface area contributed by atoms with Gasteiger partial charge in [-0.25, -0.2) is 6.57 Å². The number of nitrogens with zero attached hydrogens (tertiary/aromatic N) is 1. The van der Waals surface area contributed by atoms with E-state index < -0.39 is 0 Å². The molecule has 4 nitrogen and oxygen atoms in total. The predicted octanol–water partition coefficient (Wildman–Crippen LogP) is 0.447. The van der Waals surface area contributed by atoms with E-state index in [9.17, 15) is 4.79 Å². The average Bonchev–Trinajstić information content (AvgIpc) is 2.18. The van der Waals surface area contributed by atoms with Crippen molar-refractivity contribution >= 4 is 5.97 Å². The number of carbonyl (C=O) groups excluding carboxylic acids is 1. The van der Waals surface area contributed by atoms with Crippen molar-refractivity contribution in [2.45, 2.75) is 19.4 Å². The first-order valence-corrected chi connectivity index (χ1v) is 4.53. The summed E-state index contributed by atoms with van der Waals surface area (Å²) in [5, 5.41) is 3.09. The minimum absolute atomic E-state index is 0.194. The van der Waals surface area contributed by atoms with Gasteiger partial charge in [-0.05, 0) is 6.92 Å². The zero-order valence-corrected chi connectivity index (χ0v) is 7.75. The van der Waals surface area contributed by atoms with Crippen molar-refractivity contribution in [1.82, 2.24) is 5.32 Å². The van der Waals surface area contributed by atoms with E-state index in [-0.39, 0.29) is 17.9 Å². The molecule has 0 radical (unpaired) electrons. The molecular formula is C9H14N2O2. The molecule has 1 rings (SSSR count). The third kappa shape index (κ3) is 2.43. The van der Waals surface area contributed by atoms with E-state index in [4.69, 9.17) is 11.3 Å². The lowest BCUT2D eigenvalue weighted by molar-refractivity contribution is -0.148. The second-order valence-electron chi connectivity index (χ2n) is 3.05. The fourth-order valence-electron chi connectivity index (χ4n) is 1.49. The maximum Gasteiger partial charge on any atom is 0.318 e. The van der Waals surface area contributed by atoms with E-state index >= 15 is 0 Å². The third-order valence-corrected chi connectivity index (χ3v) is 2.20. The van der Waals surface area contributed by atoms with Gasteiger partial charge in [0.1, 0.15) is 5.92 Å². The van der Waals surface area contributed by atoms with Crippen LogP contribution in [0.3, 0.4) is 0 Å². The first kappa shape index (κ1) is 10.0. The van der Waals surface area contributed by atoms with Gasteiger partial charge in [0.25, 0.3) is 0 Å². The largest absolute Gasteiger partial charge is 0.466 e. The number of piperidine rings is 1. The van der Waals surface area contributed by atoms with Gasteiger partial charge in [0.15, 0.2) is 0 Å². The van der Waals surface area contributed by atoms with Crippen LogP contribution in [0.4, 0.5) is 0 Å². The topological polar surface area (TPSA) is 42.7 Å². The molecule has 0 saturated carbocycles. The van der Waals surface area contributed by atoms with Crippen LogP contribution in [0.15, 0.2) is 0 Å². The van der Waals surface area contributed by atoms with E-state index in [1.807, 2.05) is 0 Å². The van der Waals surface area contributed by atoms with E-state index in [2.05, 4.69) is 10.2 Å². The minimum Gasteiger partial charge on any atom is -0.466 e. The van der Waals surface area contributed by atoms with Gasteiger partial charge in [-0.3, -0.25) is 4.79 Å². The maximum atomic E-state index is 11.4. The van der Waals surface area contributed by atoms with Crippen LogP contribution in [0.25, 0.3) is 4.85 Å². The van der Waals surface area contributed by atoms with Gasteiger partial charge in [0.2, 0.25) is 6.04 Å². The maximum absolute atomic E-state index is 11.4. The van der Waals surface area contributed by atoms with Crippen molar-refractivity contribution in [3.63, 3.8) is 0 Å². The van der Waals surface area contributed by atoms with Crippen LogP contribution >= 0.6 is 0 Å². The lowest BCUT2D eigenvalue weighted by atomic mass is 9.94. The van der Waals surface area contributed by atoms with Gasteiger partial charge in [-0.1, -0.05) is 0 Å². The molecular weight excluding hydrogens is 168 g/mol. The summed E-state index contributed by atoms with van der Waals surface area (Å²) in [5.41, 5.74) is 0. The second-order valence-corrected chi connectivity index (χ2v) is 3.05. The molecule has 1 saturated heterocycles. The van der Waals surface area contributed by atoms with Crippen molar-refractivity contribution in [3.8, 4) is 0 Å². The number of carbonyl (C=O) groups is 1. The van der Waals surface area contributed by atoms with E-state index in [0.717, 1.165) is 13.0 Å². The molecule has 72 valence electrons. The summed E-state index contributed by atoms with van der Waals surface area (Å²) in [6.07, 6.45) is 0.743. The minimum atomic E-state index is -0.272. The zero-order chi connectivity index (χ0) is 9.68. The molecule has 2 atom stereocenters. The number of esters is 1. The Morgan fingerprint density at radius 1 is 1.77 bits per heavy atom. The van der Waals surface area contributed by atoms with Crippen LogP contribution in [0, 0.1) is 12.5 Å². The Balaban J connectivity index is 2.54. The van der Waals surface area contributed by atoms with Crippen LogP contribution in [-0.4, -0.2) is 31.7 Å². The quantitative estimate of drug-likeness (QED) is 0.498. The van der Waals surface area contributed by atoms with Gasteiger partial charge < -0.3 is 14.9 Å². The highest BCUT2D eigenvalue weighted by Crippen LogP contribution is 2.16. The Hall–Kier alpha value is -1.08. The molecule has 0 aliphatic carbocycles. The molecule has 0 aromatic carbocycles. The average molecular weight is 182 g/mol. The molecule has 0 amide bonds. The number of hydrogen-bond acceptors (Lipinski definition) is 3. The molecule has 1 aliphatic rings. The Labute approximate surface area is 78.1 Å². The summed E-state index contributed by atoms with van der Waals surface area (Å²) in [6.45, 7) is 10.5. The van der Waals surface area contributed by atoms with Crippen molar-refractivity contribution in [1.29, 1.82) is 0 Å². The number of ether oxygens (including phenoxy) is 1. The number of nitrogens with one attached hydrogen (secondary N) is 1. The lowest BCUT2D eigenvalue weighted by Gasteiger charge is -2.22. The highest BCUT2D eigenvalue weighted by atomic mass is 16.5. The molecule has 4 heteroatoms. The van der Waals surface area contributed by atoms with Crippen LogP contribution < -0.4 is 5.32 Å². The van der Waals surface area contributed by atoms with E-state index in [1.165, 1.54) is 0 Å². The Morgan fingerprint density at radius 2 is 2.54 bits per heavy atom. The third-order valence-electron chi connectivity index (χ3n) is 2.20. The molecule has 1 N–H and O–H groups in total. The molecule has 1 aliphatic heterocycles. The summed E-state index contributed by atoms with van der Waals surface area (Å²) in [6, 6.07) is -0.194. The van der Waals surface area contributed by atoms with E-state index in [0.29, 0.717) is 13.2 Å². The molecule has 0 aromatic heterocycles. The lowest BCUT2D eigenvalue weighted by Crippen LogP contribution is -2.43. The highest BCUT2D eigenvalue weighted by Gasteiger charge is 2.36. The fraction of sp³-hybridized carbons (Fsp3) is 0.778. The van der Waals surface area contributed by atoms with Gasteiger partial charge in [-0.2, -0.15) is 0 Å². The molecule has 1 fully saturated rings. The summed E-state index contributed by atoms with van der Waals surface area (Å²) in [7, 11) is 0. The zero-order valence-electron chi connectivity index (χ0n) is 7.75. The van der Waals surface area contributed by atoms with Crippen molar-refractivity contribution in [3.05, 3.63) is 11.4 Å². The Bertz CT molecular complexity index is 222. The monoisotopic (exact) mass is 182 g/mol. The van der Waals surface area contributed by atoms with Gasteiger partial charge >= 0.3 is 5.97 Å². The number of hydrogen-bond donors (Lipinski definition) is 1. The predicted molar refractivity (Wildman–Crippen MR) is 48.0 cm³/mol. The highest BCUT2D eigenvalue weighted by molar-refractivity contribution is 5.74. The molecule has 0 aromatic rings. The number of rotatable bonds is 2. The molecule has 0 spiro atoms. The smallest absolute Gasteiger partial charge is 0.318 e.